The van der Waals surface area contributed by atoms with E-state index in [0.29, 0.717) is 60.3 Å². The molecule has 0 unspecified atom stereocenters. The van der Waals surface area contributed by atoms with Crippen LogP contribution >= 0.6 is 11.6 Å². The van der Waals surface area contributed by atoms with Gasteiger partial charge in [-0.05, 0) is 49.8 Å². The smallest absolute Gasteiger partial charge is 0.319 e. The SMILES string of the molecule is C=C1CN2CCC[C@@]2(COc2nc3c4c(nc(-c5c(C(C)C)c(Cl)cc6[nH]ncc56)c(F)c4n2)OC[C@@H]2COCCCN32)C1. The average molecular weight is 620 g/mol. The van der Waals surface area contributed by atoms with Crippen LogP contribution in [0.25, 0.3) is 33.1 Å². The third-order valence-electron chi connectivity index (χ3n) is 9.59. The standard InChI is InChI=1S/C32H35ClFN7O3/c1-17(2)23-21(33)10-22-20(12-35-39-22)24(23)27-26(34)28-25-29(41-8-5-9-42-14-19(41)15-43-30(25)36-27)38-31(37-28)44-16-32-6-4-7-40(32)13-18(3)11-32/h10,12,17,19H,3-9,11,13-16H2,1-2H3,(H,35,39)/t19-,32-/m0/s1. The highest BCUT2D eigenvalue weighted by atomic mass is 35.5. The van der Waals surface area contributed by atoms with Crippen LogP contribution in [0.1, 0.15) is 51.0 Å². The lowest BCUT2D eigenvalue weighted by Gasteiger charge is -2.31. The van der Waals surface area contributed by atoms with E-state index in [4.69, 9.17) is 40.8 Å². The third-order valence-corrected chi connectivity index (χ3v) is 9.90. The molecule has 230 valence electrons. The average Bonchev–Trinajstić information content (AvgIpc) is 3.60. The van der Waals surface area contributed by atoms with Gasteiger partial charge in [0, 0.05) is 35.7 Å². The first-order chi connectivity index (χ1) is 21.3. The van der Waals surface area contributed by atoms with Crippen LogP contribution in [0, 0.1) is 5.82 Å². The number of aromatic nitrogens is 5. The Bertz CT molecular complexity index is 1810. The highest BCUT2D eigenvalue weighted by molar-refractivity contribution is 6.33. The van der Waals surface area contributed by atoms with Gasteiger partial charge in [0.1, 0.15) is 35.6 Å². The number of hydrogen-bond acceptors (Lipinski definition) is 9. The molecule has 2 atom stereocenters. The lowest BCUT2D eigenvalue weighted by molar-refractivity contribution is 0.108. The number of fused-ring (bicyclic) bond motifs is 4. The first kappa shape index (κ1) is 28.0. The molecule has 0 aliphatic carbocycles. The second kappa shape index (κ2) is 10.5. The minimum Gasteiger partial charge on any atom is -0.475 e. The van der Waals surface area contributed by atoms with Crippen molar-refractivity contribution < 1.29 is 18.6 Å². The number of halogens is 2. The predicted molar refractivity (Wildman–Crippen MR) is 166 cm³/mol. The molecule has 0 radical (unpaired) electrons. The maximum absolute atomic E-state index is 17.1. The number of pyridine rings is 1. The van der Waals surface area contributed by atoms with E-state index in [2.05, 4.69) is 26.6 Å². The van der Waals surface area contributed by atoms with Gasteiger partial charge < -0.3 is 19.1 Å². The fraction of sp³-hybridized carbons (Fsp3) is 0.500. The zero-order chi connectivity index (χ0) is 30.2. The van der Waals surface area contributed by atoms with E-state index >= 15 is 4.39 Å². The Kier molecular flexibility index (Phi) is 6.69. The van der Waals surface area contributed by atoms with Crippen molar-refractivity contribution in [3.8, 4) is 23.1 Å². The van der Waals surface area contributed by atoms with Crippen LogP contribution < -0.4 is 14.4 Å². The number of nitrogens with zero attached hydrogens (tertiary/aromatic N) is 6. The van der Waals surface area contributed by atoms with Crippen LogP contribution in [-0.2, 0) is 4.74 Å². The summed E-state index contributed by atoms with van der Waals surface area (Å²) in [5, 5.41) is 8.87. The molecule has 10 nitrogen and oxygen atoms in total. The lowest BCUT2D eigenvalue weighted by atomic mass is 9.91. The van der Waals surface area contributed by atoms with Crippen molar-refractivity contribution in [1.82, 2.24) is 30.0 Å². The Labute approximate surface area is 259 Å². The minimum absolute atomic E-state index is 0.0155. The van der Waals surface area contributed by atoms with Gasteiger partial charge in [-0.2, -0.15) is 15.1 Å². The van der Waals surface area contributed by atoms with Crippen molar-refractivity contribution in [3.05, 3.63) is 40.8 Å². The summed E-state index contributed by atoms with van der Waals surface area (Å²) in [4.78, 5) is 19.1. The third kappa shape index (κ3) is 4.34. The number of anilines is 1. The second-order valence-corrected chi connectivity index (χ2v) is 13.2. The van der Waals surface area contributed by atoms with Gasteiger partial charge in [0.15, 0.2) is 5.82 Å². The molecule has 3 saturated heterocycles. The quantitative estimate of drug-likeness (QED) is 0.284. The highest BCUT2D eigenvalue weighted by Gasteiger charge is 2.46. The van der Waals surface area contributed by atoms with Crippen LogP contribution in [-0.4, -0.2) is 87.7 Å². The number of rotatable bonds is 5. The fourth-order valence-corrected chi connectivity index (χ4v) is 8.03. The maximum atomic E-state index is 17.1. The molecule has 4 aromatic rings. The van der Waals surface area contributed by atoms with Crippen molar-refractivity contribution in [1.29, 1.82) is 0 Å². The molecule has 12 heteroatoms. The maximum Gasteiger partial charge on any atom is 0.319 e. The zero-order valence-electron chi connectivity index (χ0n) is 25.0. The zero-order valence-corrected chi connectivity index (χ0v) is 25.7. The number of nitrogens with one attached hydrogen (secondary N) is 1. The molecule has 0 saturated carbocycles. The minimum atomic E-state index is -0.577. The topological polar surface area (TPSA) is 102 Å². The monoisotopic (exact) mass is 619 g/mol. The molecule has 44 heavy (non-hydrogen) atoms. The highest BCUT2D eigenvalue weighted by Crippen LogP contribution is 2.46. The molecule has 1 N–H and O–H groups in total. The summed E-state index contributed by atoms with van der Waals surface area (Å²) in [6.45, 7) is 12.7. The second-order valence-electron chi connectivity index (χ2n) is 12.8. The van der Waals surface area contributed by atoms with E-state index < -0.39 is 5.82 Å². The van der Waals surface area contributed by atoms with Crippen molar-refractivity contribution in [2.45, 2.75) is 57.0 Å². The predicted octanol–water partition coefficient (Wildman–Crippen LogP) is 5.65. The van der Waals surface area contributed by atoms with E-state index in [0.717, 1.165) is 49.7 Å². The van der Waals surface area contributed by atoms with Gasteiger partial charge >= 0.3 is 6.01 Å². The van der Waals surface area contributed by atoms with E-state index in [1.165, 1.54) is 5.57 Å². The number of H-pyrrole nitrogens is 1. The van der Waals surface area contributed by atoms with E-state index in [1.807, 2.05) is 19.9 Å². The Balaban J connectivity index is 1.33. The van der Waals surface area contributed by atoms with Crippen LogP contribution in [0.2, 0.25) is 5.02 Å². The van der Waals surface area contributed by atoms with Gasteiger partial charge in [-0.1, -0.05) is 37.6 Å². The van der Waals surface area contributed by atoms with E-state index in [1.54, 1.807) is 6.20 Å². The molecule has 7 heterocycles. The largest absolute Gasteiger partial charge is 0.475 e. The van der Waals surface area contributed by atoms with Crippen molar-refractivity contribution in [3.63, 3.8) is 0 Å². The summed E-state index contributed by atoms with van der Waals surface area (Å²) in [6, 6.07) is 1.84. The molecular formula is C32H35ClFN7O3. The summed E-state index contributed by atoms with van der Waals surface area (Å²) in [5.74, 6) is 0.251. The molecule has 4 aliphatic rings. The normalized spacial score (nSPS) is 23.6. The summed E-state index contributed by atoms with van der Waals surface area (Å²) in [7, 11) is 0. The molecule has 0 amide bonds. The molecule has 8 rings (SSSR count). The molecular weight excluding hydrogens is 585 g/mol. The summed E-state index contributed by atoms with van der Waals surface area (Å²) >= 11 is 6.79. The number of aromatic amines is 1. The van der Waals surface area contributed by atoms with Gasteiger partial charge in [-0.3, -0.25) is 10.00 Å². The van der Waals surface area contributed by atoms with Gasteiger partial charge in [0.2, 0.25) is 5.88 Å². The molecule has 3 aromatic heterocycles. The Hall–Kier alpha value is -3.54. The number of hydrogen-bond donors (Lipinski definition) is 1. The Morgan fingerprint density at radius 2 is 2.11 bits per heavy atom. The number of benzene rings is 1. The Morgan fingerprint density at radius 3 is 2.98 bits per heavy atom. The molecule has 1 aromatic carbocycles. The molecule has 0 bridgehead atoms. The summed E-state index contributed by atoms with van der Waals surface area (Å²) < 4.78 is 35.8. The summed E-state index contributed by atoms with van der Waals surface area (Å²) in [6.07, 6.45) is 5.50. The van der Waals surface area contributed by atoms with Crippen molar-refractivity contribution in [2.75, 3.05) is 51.0 Å². The fourth-order valence-electron chi connectivity index (χ4n) is 7.61. The lowest BCUT2D eigenvalue weighted by Crippen LogP contribution is -2.43. The van der Waals surface area contributed by atoms with Crippen LogP contribution in [0.3, 0.4) is 0 Å². The Morgan fingerprint density at radius 1 is 1.23 bits per heavy atom. The molecule has 0 spiro atoms. The van der Waals surface area contributed by atoms with Gasteiger partial charge in [-0.25, -0.2) is 9.37 Å². The van der Waals surface area contributed by atoms with Crippen molar-refractivity contribution >= 4 is 39.2 Å². The van der Waals surface area contributed by atoms with Crippen LogP contribution in [0.4, 0.5) is 10.2 Å². The number of ether oxygens (including phenoxy) is 3. The first-order valence-electron chi connectivity index (χ1n) is 15.4. The summed E-state index contributed by atoms with van der Waals surface area (Å²) in [5.41, 5.74) is 3.36. The van der Waals surface area contributed by atoms with E-state index in [9.17, 15) is 0 Å². The molecule has 3 fully saturated rings. The van der Waals surface area contributed by atoms with Gasteiger partial charge in [0.25, 0.3) is 0 Å². The van der Waals surface area contributed by atoms with Crippen molar-refractivity contribution in [2.24, 2.45) is 0 Å². The van der Waals surface area contributed by atoms with Crippen LogP contribution in [0.5, 0.6) is 11.9 Å². The molecule has 4 aliphatic heterocycles. The van der Waals surface area contributed by atoms with Crippen LogP contribution in [0.15, 0.2) is 24.4 Å². The van der Waals surface area contributed by atoms with Gasteiger partial charge in [-0.15, -0.1) is 0 Å². The van der Waals surface area contributed by atoms with E-state index in [-0.39, 0.29) is 40.6 Å². The van der Waals surface area contributed by atoms with Gasteiger partial charge in [0.05, 0.1) is 29.9 Å². The first-order valence-corrected chi connectivity index (χ1v) is 15.8.